The minimum atomic E-state index is 0.412. The molecule has 0 aliphatic carbocycles. The molecule has 0 fully saturated rings. The SMILES string of the molecule is CCCCCC(NCCC)c1cnsn1. The predicted molar refractivity (Wildman–Crippen MR) is 65.1 cm³/mol. The van der Waals surface area contributed by atoms with Crippen molar-refractivity contribution in [2.75, 3.05) is 6.54 Å². The Bertz CT molecular complexity index is 236. The van der Waals surface area contributed by atoms with Crippen molar-refractivity contribution in [3.05, 3.63) is 11.9 Å². The van der Waals surface area contributed by atoms with Gasteiger partial charge in [-0.1, -0.05) is 33.1 Å². The van der Waals surface area contributed by atoms with E-state index in [0.29, 0.717) is 6.04 Å². The second-order valence-corrected chi connectivity index (χ2v) is 4.39. The fourth-order valence-electron chi connectivity index (χ4n) is 1.60. The number of rotatable bonds is 8. The van der Waals surface area contributed by atoms with Crippen LogP contribution in [-0.2, 0) is 0 Å². The molecule has 4 heteroatoms. The van der Waals surface area contributed by atoms with Crippen LogP contribution >= 0.6 is 11.7 Å². The summed E-state index contributed by atoms with van der Waals surface area (Å²) in [5, 5.41) is 3.53. The summed E-state index contributed by atoms with van der Waals surface area (Å²) >= 11 is 1.30. The number of hydrogen-bond acceptors (Lipinski definition) is 4. The Morgan fingerprint density at radius 3 is 2.80 bits per heavy atom. The molecule has 1 rings (SSSR count). The third-order valence-corrected chi connectivity index (χ3v) is 2.96. The summed E-state index contributed by atoms with van der Waals surface area (Å²) in [6, 6.07) is 0.412. The van der Waals surface area contributed by atoms with E-state index in [1.165, 1.54) is 43.8 Å². The van der Waals surface area contributed by atoms with E-state index in [2.05, 4.69) is 27.9 Å². The summed E-state index contributed by atoms with van der Waals surface area (Å²) in [5.74, 6) is 0. The Morgan fingerprint density at radius 2 is 2.20 bits per heavy atom. The first kappa shape index (κ1) is 12.6. The molecule has 0 aliphatic rings. The topological polar surface area (TPSA) is 37.8 Å². The van der Waals surface area contributed by atoms with Gasteiger partial charge in [0.05, 0.1) is 29.7 Å². The Hall–Kier alpha value is -0.480. The Labute approximate surface area is 96.6 Å². The van der Waals surface area contributed by atoms with Crippen LogP contribution in [0.25, 0.3) is 0 Å². The summed E-state index contributed by atoms with van der Waals surface area (Å²) < 4.78 is 8.39. The van der Waals surface area contributed by atoms with Crippen molar-refractivity contribution in [3.63, 3.8) is 0 Å². The highest BCUT2D eigenvalue weighted by Gasteiger charge is 2.12. The zero-order valence-electron chi connectivity index (χ0n) is 9.70. The molecule has 86 valence electrons. The Kier molecular flexibility index (Phi) is 6.52. The molecule has 1 aromatic rings. The van der Waals surface area contributed by atoms with E-state index in [0.717, 1.165) is 12.2 Å². The molecule has 0 radical (unpaired) electrons. The molecule has 0 saturated carbocycles. The van der Waals surface area contributed by atoms with E-state index >= 15 is 0 Å². The minimum Gasteiger partial charge on any atom is -0.309 e. The van der Waals surface area contributed by atoms with Gasteiger partial charge in [-0.3, -0.25) is 0 Å². The van der Waals surface area contributed by atoms with E-state index in [9.17, 15) is 0 Å². The van der Waals surface area contributed by atoms with Gasteiger partial charge in [-0.25, -0.2) is 0 Å². The molecule has 1 atom stereocenters. The maximum atomic E-state index is 4.32. The van der Waals surface area contributed by atoms with Gasteiger partial charge in [0.2, 0.25) is 0 Å². The molecule has 0 aliphatic heterocycles. The van der Waals surface area contributed by atoms with E-state index in [1.807, 2.05) is 6.20 Å². The molecule has 0 saturated heterocycles. The van der Waals surface area contributed by atoms with Crippen molar-refractivity contribution in [1.29, 1.82) is 0 Å². The first-order valence-corrected chi connectivity index (χ1v) is 6.62. The van der Waals surface area contributed by atoms with Crippen molar-refractivity contribution in [3.8, 4) is 0 Å². The van der Waals surface area contributed by atoms with Crippen molar-refractivity contribution in [2.24, 2.45) is 0 Å². The number of aromatic nitrogens is 2. The highest BCUT2D eigenvalue weighted by molar-refractivity contribution is 6.99. The van der Waals surface area contributed by atoms with Gasteiger partial charge in [-0.2, -0.15) is 8.75 Å². The first-order valence-electron chi connectivity index (χ1n) is 5.89. The molecule has 3 nitrogen and oxygen atoms in total. The Morgan fingerprint density at radius 1 is 1.33 bits per heavy atom. The standard InChI is InChI=1S/C11H21N3S/c1-3-5-6-7-10(12-8-4-2)11-9-13-15-14-11/h9-10,12H,3-8H2,1-2H3. The van der Waals surface area contributed by atoms with Crippen LogP contribution in [0.5, 0.6) is 0 Å². The monoisotopic (exact) mass is 227 g/mol. The fraction of sp³-hybridized carbons (Fsp3) is 0.818. The quantitative estimate of drug-likeness (QED) is 0.693. The number of hydrogen-bond donors (Lipinski definition) is 1. The molecular weight excluding hydrogens is 206 g/mol. The predicted octanol–water partition coefficient (Wildman–Crippen LogP) is 3.16. The molecular formula is C11H21N3S. The van der Waals surface area contributed by atoms with E-state index in [-0.39, 0.29) is 0 Å². The number of unbranched alkanes of at least 4 members (excludes halogenated alkanes) is 2. The summed E-state index contributed by atoms with van der Waals surface area (Å²) in [4.78, 5) is 0. The highest BCUT2D eigenvalue weighted by atomic mass is 32.1. The van der Waals surface area contributed by atoms with E-state index < -0.39 is 0 Å². The average molecular weight is 227 g/mol. The molecule has 1 heterocycles. The third-order valence-electron chi connectivity index (χ3n) is 2.47. The minimum absolute atomic E-state index is 0.412. The molecule has 15 heavy (non-hydrogen) atoms. The van der Waals surface area contributed by atoms with Crippen LogP contribution in [0, 0.1) is 0 Å². The van der Waals surface area contributed by atoms with E-state index in [1.54, 1.807) is 0 Å². The van der Waals surface area contributed by atoms with Crippen LogP contribution in [0.1, 0.15) is 57.7 Å². The van der Waals surface area contributed by atoms with Crippen LogP contribution in [-0.4, -0.2) is 15.3 Å². The lowest BCUT2D eigenvalue weighted by Crippen LogP contribution is -2.22. The van der Waals surface area contributed by atoms with Gasteiger partial charge in [0, 0.05) is 0 Å². The summed E-state index contributed by atoms with van der Waals surface area (Å²) in [7, 11) is 0. The highest BCUT2D eigenvalue weighted by Crippen LogP contribution is 2.18. The van der Waals surface area contributed by atoms with Crippen LogP contribution in [0.2, 0.25) is 0 Å². The maximum Gasteiger partial charge on any atom is 0.0912 e. The lowest BCUT2D eigenvalue weighted by Gasteiger charge is -2.15. The van der Waals surface area contributed by atoms with Crippen LogP contribution in [0.15, 0.2) is 6.20 Å². The van der Waals surface area contributed by atoms with Crippen LogP contribution in [0.3, 0.4) is 0 Å². The van der Waals surface area contributed by atoms with Crippen LogP contribution < -0.4 is 5.32 Å². The first-order chi connectivity index (χ1) is 7.38. The molecule has 1 aromatic heterocycles. The van der Waals surface area contributed by atoms with Gasteiger partial charge < -0.3 is 5.32 Å². The van der Waals surface area contributed by atoms with Crippen molar-refractivity contribution < 1.29 is 0 Å². The molecule has 0 spiro atoms. The zero-order chi connectivity index (χ0) is 10.9. The summed E-state index contributed by atoms with van der Waals surface area (Å²) in [6.45, 7) is 5.49. The van der Waals surface area contributed by atoms with Crippen molar-refractivity contribution in [2.45, 2.75) is 52.0 Å². The normalized spacial score (nSPS) is 12.9. The van der Waals surface area contributed by atoms with Gasteiger partial charge >= 0.3 is 0 Å². The zero-order valence-corrected chi connectivity index (χ0v) is 10.5. The lowest BCUT2D eigenvalue weighted by molar-refractivity contribution is 0.468. The van der Waals surface area contributed by atoms with Gasteiger partial charge in [0.25, 0.3) is 0 Å². The molecule has 1 unspecified atom stereocenters. The third kappa shape index (κ3) is 4.71. The average Bonchev–Trinajstić information content (AvgIpc) is 2.76. The van der Waals surface area contributed by atoms with Gasteiger partial charge in [-0.15, -0.1) is 0 Å². The molecule has 1 N–H and O–H groups in total. The van der Waals surface area contributed by atoms with Crippen molar-refractivity contribution in [1.82, 2.24) is 14.1 Å². The second kappa shape index (κ2) is 7.77. The van der Waals surface area contributed by atoms with Gasteiger partial charge in [0.15, 0.2) is 0 Å². The maximum absolute atomic E-state index is 4.32. The van der Waals surface area contributed by atoms with E-state index in [4.69, 9.17) is 0 Å². The van der Waals surface area contributed by atoms with Gasteiger partial charge in [0.1, 0.15) is 0 Å². The largest absolute Gasteiger partial charge is 0.309 e. The molecule has 0 amide bonds. The molecule has 0 bridgehead atoms. The number of nitrogens with one attached hydrogen (secondary N) is 1. The van der Waals surface area contributed by atoms with Crippen LogP contribution in [0.4, 0.5) is 0 Å². The molecule has 0 aromatic carbocycles. The smallest absolute Gasteiger partial charge is 0.0912 e. The van der Waals surface area contributed by atoms with Gasteiger partial charge in [-0.05, 0) is 19.4 Å². The fourth-order valence-corrected chi connectivity index (χ4v) is 2.07. The Balaban J connectivity index is 2.39. The summed E-state index contributed by atoms with van der Waals surface area (Å²) in [6.07, 6.45) is 8.10. The van der Waals surface area contributed by atoms with Crippen molar-refractivity contribution >= 4 is 11.7 Å². The second-order valence-electron chi connectivity index (χ2n) is 3.83. The number of nitrogens with zero attached hydrogens (tertiary/aromatic N) is 2. The summed E-state index contributed by atoms with van der Waals surface area (Å²) in [5.41, 5.74) is 1.12. The lowest BCUT2D eigenvalue weighted by atomic mass is 10.1.